The number of carbonyl (C=O) groups excluding carboxylic acids is 1. The summed E-state index contributed by atoms with van der Waals surface area (Å²) in [5, 5.41) is 0. The molecule has 1 fully saturated rings. The van der Waals surface area contributed by atoms with E-state index in [-0.39, 0.29) is 12.0 Å². The Hall–Kier alpha value is -0.570. The molecule has 1 rings (SSSR count). The average molecular weight is 213 g/mol. The second-order valence-electron chi connectivity index (χ2n) is 4.95. The molecule has 15 heavy (non-hydrogen) atoms. The van der Waals surface area contributed by atoms with E-state index in [1.54, 1.807) is 0 Å². The molecule has 1 aliphatic rings. The Bertz CT molecular complexity index is 216. The van der Waals surface area contributed by atoms with Gasteiger partial charge in [0.05, 0.1) is 7.11 Å². The van der Waals surface area contributed by atoms with Gasteiger partial charge in [-0.25, -0.2) is 0 Å². The lowest BCUT2D eigenvalue weighted by Crippen LogP contribution is -2.49. The molecule has 0 radical (unpaired) electrons. The Balaban J connectivity index is 2.66. The summed E-state index contributed by atoms with van der Waals surface area (Å²) in [4.78, 5) is 14.0. The molecular formula is C12H23NO2. The number of likely N-dealkylation sites (tertiary alicyclic amines) is 1. The highest BCUT2D eigenvalue weighted by atomic mass is 16.5. The van der Waals surface area contributed by atoms with E-state index in [1.165, 1.54) is 20.0 Å². The average Bonchev–Trinajstić information content (AvgIpc) is 2.17. The van der Waals surface area contributed by atoms with Crippen molar-refractivity contribution in [1.29, 1.82) is 0 Å². The maximum atomic E-state index is 11.7. The molecule has 3 nitrogen and oxygen atoms in total. The van der Waals surface area contributed by atoms with E-state index in [4.69, 9.17) is 4.74 Å². The van der Waals surface area contributed by atoms with Crippen LogP contribution >= 0.6 is 0 Å². The zero-order valence-electron chi connectivity index (χ0n) is 10.3. The highest BCUT2D eigenvalue weighted by Gasteiger charge is 2.32. The van der Waals surface area contributed by atoms with Gasteiger partial charge in [-0.1, -0.05) is 20.8 Å². The number of ether oxygens (including phenoxy) is 1. The first-order chi connectivity index (χ1) is 7.06. The van der Waals surface area contributed by atoms with Crippen LogP contribution in [-0.2, 0) is 9.53 Å². The monoisotopic (exact) mass is 213 g/mol. The van der Waals surface area contributed by atoms with Crippen molar-refractivity contribution in [3.05, 3.63) is 0 Å². The topological polar surface area (TPSA) is 29.5 Å². The Morgan fingerprint density at radius 2 is 2.13 bits per heavy atom. The molecular weight excluding hydrogens is 190 g/mol. The highest BCUT2D eigenvalue weighted by Crippen LogP contribution is 2.21. The molecule has 1 aliphatic heterocycles. The molecule has 0 aromatic heterocycles. The SMILES string of the molecule is COC(=O)C(C(C)C)N1CCCC(C)C1. The number of nitrogens with zero attached hydrogens (tertiary/aromatic N) is 1. The van der Waals surface area contributed by atoms with E-state index >= 15 is 0 Å². The minimum atomic E-state index is -0.0842. The van der Waals surface area contributed by atoms with Gasteiger partial charge in [-0.2, -0.15) is 0 Å². The summed E-state index contributed by atoms with van der Waals surface area (Å²) in [7, 11) is 1.48. The molecule has 1 heterocycles. The summed E-state index contributed by atoms with van der Waals surface area (Å²) >= 11 is 0. The van der Waals surface area contributed by atoms with Crippen LogP contribution in [0.3, 0.4) is 0 Å². The maximum absolute atomic E-state index is 11.7. The van der Waals surface area contributed by atoms with Gasteiger partial charge < -0.3 is 4.74 Å². The number of methoxy groups -OCH3 is 1. The second-order valence-corrected chi connectivity index (χ2v) is 4.95. The molecule has 0 saturated carbocycles. The summed E-state index contributed by atoms with van der Waals surface area (Å²) in [5.74, 6) is 0.937. The van der Waals surface area contributed by atoms with Gasteiger partial charge >= 0.3 is 5.97 Å². The minimum Gasteiger partial charge on any atom is -0.468 e. The predicted molar refractivity (Wildman–Crippen MR) is 60.6 cm³/mol. The standard InChI is InChI=1S/C12H23NO2/c1-9(2)11(12(14)15-4)13-7-5-6-10(3)8-13/h9-11H,5-8H2,1-4H3. The highest BCUT2D eigenvalue weighted by molar-refractivity contribution is 5.76. The lowest BCUT2D eigenvalue weighted by molar-refractivity contribution is -0.149. The van der Waals surface area contributed by atoms with E-state index in [0.29, 0.717) is 11.8 Å². The molecule has 88 valence electrons. The maximum Gasteiger partial charge on any atom is 0.323 e. The van der Waals surface area contributed by atoms with Crippen molar-refractivity contribution >= 4 is 5.97 Å². The predicted octanol–water partition coefficient (Wildman–Crippen LogP) is 1.92. The fourth-order valence-electron chi connectivity index (χ4n) is 2.44. The van der Waals surface area contributed by atoms with E-state index < -0.39 is 0 Å². The first-order valence-electron chi connectivity index (χ1n) is 5.88. The number of hydrogen-bond donors (Lipinski definition) is 0. The molecule has 0 aromatic carbocycles. The molecule has 0 bridgehead atoms. The Morgan fingerprint density at radius 3 is 2.60 bits per heavy atom. The van der Waals surface area contributed by atoms with E-state index in [1.807, 2.05) is 0 Å². The van der Waals surface area contributed by atoms with Gasteiger partial charge in [-0.15, -0.1) is 0 Å². The smallest absolute Gasteiger partial charge is 0.323 e. The van der Waals surface area contributed by atoms with Gasteiger partial charge in [0.2, 0.25) is 0 Å². The molecule has 0 amide bonds. The van der Waals surface area contributed by atoms with Crippen LogP contribution in [0.4, 0.5) is 0 Å². The van der Waals surface area contributed by atoms with Crippen LogP contribution in [0.15, 0.2) is 0 Å². The van der Waals surface area contributed by atoms with Crippen LogP contribution in [0.2, 0.25) is 0 Å². The van der Waals surface area contributed by atoms with Crippen LogP contribution in [0.25, 0.3) is 0 Å². The zero-order chi connectivity index (χ0) is 11.4. The van der Waals surface area contributed by atoms with Gasteiger partial charge in [0.25, 0.3) is 0 Å². The summed E-state index contributed by atoms with van der Waals surface area (Å²) in [6, 6.07) is -0.0576. The van der Waals surface area contributed by atoms with Gasteiger partial charge in [-0.3, -0.25) is 9.69 Å². The number of piperidine rings is 1. The lowest BCUT2D eigenvalue weighted by Gasteiger charge is -2.37. The van der Waals surface area contributed by atoms with Crippen LogP contribution in [0.1, 0.15) is 33.6 Å². The molecule has 3 heteroatoms. The quantitative estimate of drug-likeness (QED) is 0.671. The van der Waals surface area contributed by atoms with E-state index in [0.717, 1.165) is 13.1 Å². The molecule has 1 saturated heterocycles. The zero-order valence-corrected chi connectivity index (χ0v) is 10.3. The minimum absolute atomic E-state index is 0.0576. The van der Waals surface area contributed by atoms with Gasteiger partial charge in [0, 0.05) is 6.54 Å². The largest absolute Gasteiger partial charge is 0.468 e. The third kappa shape index (κ3) is 3.20. The van der Waals surface area contributed by atoms with Crippen molar-refractivity contribution < 1.29 is 9.53 Å². The van der Waals surface area contributed by atoms with Crippen molar-refractivity contribution in [3.63, 3.8) is 0 Å². The fourth-order valence-corrected chi connectivity index (χ4v) is 2.44. The first kappa shape index (κ1) is 12.5. The summed E-state index contributed by atoms with van der Waals surface area (Å²) in [6.45, 7) is 8.47. The Kier molecular flexibility index (Phi) is 4.58. The molecule has 0 spiro atoms. The lowest BCUT2D eigenvalue weighted by atomic mass is 9.95. The van der Waals surface area contributed by atoms with Crippen LogP contribution < -0.4 is 0 Å². The Morgan fingerprint density at radius 1 is 1.47 bits per heavy atom. The van der Waals surface area contributed by atoms with E-state index in [2.05, 4.69) is 25.7 Å². The van der Waals surface area contributed by atoms with Gasteiger partial charge in [0.15, 0.2) is 0 Å². The number of esters is 1. The van der Waals surface area contributed by atoms with Crippen molar-refractivity contribution in [2.24, 2.45) is 11.8 Å². The molecule has 2 unspecified atom stereocenters. The third-order valence-electron chi connectivity index (χ3n) is 3.16. The second kappa shape index (κ2) is 5.50. The number of rotatable bonds is 3. The van der Waals surface area contributed by atoms with Crippen molar-refractivity contribution in [3.8, 4) is 0 Å². The summed E-state index contributed by atoms with van der Waals surface area (Å²) < 4.78 is 4.88. The van der Waals surface area contributed by atoms with Crippen LogP contribution in [0.5, 0.6) is 0 Å². The van der Waals surface area contributed by atoms with Crippen LogP contribution in [0, 0.1) is 11.8 Å². The summed E-state index contributed by atoms with van der Waals surface area (Å²) in [5.41, 5.74) is 0. The van der Waals surface area contributed by atoms with Gasteiger partial charge in [0.1, 0.15) is 6.04 Å². The number of carbonyl (C=O) groups is 1. The third-order valence-corrected chi connectivity index (χ3v) is 3.16. The molecule has 0 aromatic rings. The van der Waals surface area contributed by atoms with Crippen molar-refractivity contribution in [1.82, 2.24) is 4.90 Å². The molecule has 2 atom stereocenters. The number of hydrogen-bond acceptors (Lipinski definition) is 3. The normalized spacial score (nSPS) is 25.3. The molecule has 0 aliphatic carbocycles. The van der Waals surface area contributed by atoms with Crippen LogP contribution in [-0.4, -0.2) is 37.1 Å². The van der Waals surface area contributed by atoms with Crippen molar-refractivity contribution in [2.45, 2.75) is 39.7 Å². The van der Waals surface area contributed by atoms with E-state index in [9.17, 15) is 4.79 Å². The van der Waals surface area contributed by atoms with Crippen molar-refractivity contribution in [2.75, 3.05) is 20.2 Å². The Labute approximate surface area is 92.8 Å². The fraction of sp³-hybridized carbons (Fsp3) is 0.917. The van der Waals surface area contributed by atoms with Gasteiger partial charge in [-0.05, 0) is 31.2 Å². The summed E-state index contributed by atoms with van der Waals surface area (Å²) in [6.07, 6.45) is 2.48. The molecule has 0 N–H and O–H groups in total. The first-order valence-corrected chi connectivity index (χ1v) is 5.88.